The van der Waals surface area contributed by atoms with E-state index < -0.39 is 0 Å². The monoisotopic (exact) mass is 297 g/mol. The van der Waals surface area contributed by atoms with Crippen molar-refractivity contribution in [2.75, 3.05) is 19.7 Å². The van der Waals surface area contributed by atoms with Gasteiger partial charge in [-0.25, -0.2) is 0 Å². The summed E-state index contributed by atoms with van der Waals surface area (Å²) < 4.78 is 7.86. The molecule has 0 amide bonds. The van der Waals surface area contributed by atoms with Crippen LogP contribution in [0.25, 0.3) is 10.9 Å². The number of benzene rings is 1. The summed E-state index contributed by atoms with van der Waals surface area (Å²) in [7, 11) is 0. The summed E-state index contributed by atoms with van der Waals surface area (Å²) in [6.45, 7) is 6.24. The number of fused-ring (bicyclic) bond motifs is 2. The molecule has 1 unspecified atom stereocenters. The lowest BCUT2D eigenvalue weighted by Crippen LogP contribution is -3.14. The molecule has 2 aliphatic heterocycles. The van der Waals surface area contributed by atoms with Crippen LogP contribution in [0.4, 0.5) is 0 Å². The normalized spacial score (nSPS) is 28.9. The van der Waals surface area contributed by atoms with Crippen LogP contribution in [0.5, 0.6) is 0 Å². The van der Waals surface area contributed by atoms with E-state index in [4.69, 9.17) is 4.74 Å². The number of rotatable bonds is 2. The van der Waals surface area contributed by atoms with E-state index in [1.54, 1.807) is 4.90 Å². The maximum absolute atomic E-state index is 12.9. The Balaban J connectivity index is 1.72. The highest BCUT2D eigenvalue weighted by molar-refractivity contribution is 5.81. The number of hydrogen-bond donors (Lipinski definition) is 1. The van der Waals surface area contributed by atoms with Crippen LogP contribution < -0.4 is 10.3 Å². The summed E-state index contributed by atoms with van der Waals surface area (Å²) in [5.41, 5.74) is 4.97. The molecule has 1 aromatic heterocycles. The van der Waals surface area contributed by atoms with E-state index in [9.17, 15) is 4.79 Å². The van der Waals surface area contributed by atoms with E-state index in [1.807, 2.05) is 0 Å². The SMILES string of the molecule is Cc1ccc2c(c1)c(=O)c1c3n2CC[NH+](C[C@@H]2CO2)[C@H]3CC1. The van der Waals surface area contributed by atoms with E-state index in [0.717, 1.165) is 55.5 Å². The molecule has 4 nitrogen and oxygen atoms in total. The molecule has 0 bridgehead atoms. The van der Waals surface area contributed by atoms with Gasteiger partial charge < -0.3 is 14.2 Å². The molecule has 1 N–H and O–H groups in total. The number of aryl methyl sites for hydroxylation is 1. The predicted molar refractivity (Wildman–Crippen MR) is 84.4 cm³/mol. The van der Waals surface area contributed by atoms with Crippen LogP contribution in [0.2, 0.25) is 0 Å². The van der Waals surface area contributed by atoms with E-state index >= 15 is 0 Å². The zero-order valence-electron chi connectivity index (χ0n) is 12.9. The second-order valence-corrected chi connectivity index (χ2v) is 7.02. The molecule has 1 fully saturated rings. The zero-order chi connectivity index (χ0) is 14.8. The molecule has 2 aromatic rings. The first-order valence-electron chi connectivity index (χ1n) is 8.34. The van der Waals surface area contributed by atoms with Gasteiger partial charge in [-0.2, -0.15) is 0 Å². The number of hydrogen-bond acceptors (Lipinski definition) is 2. The second kappa shape index (κ2) is 4.43. The van der Waals surface area contributed by atoms with Crippen LogP contribution in [-0.2, 0) is 17.7 Å². The molecule has 1 aliphatic carbocycles. The number of nitrogens with zero attached hydrogens (tertiary/aromatic N) is 1. The van der Waals surface area contributed by atoms with Gasteiger partial charge in [0.25, 0.3) is 0 Å². The van der Waals surface area contributed by atoms with Crippen molar-refractivity contribution in [3.8, 4) is 0 Å². The molecule has 114 valence electrons. The molecule has 3 aliphatic rings. The average Bonchev–Trinajstić information content (AvgIpc) is 3.22. The molecule has 3 atom stereocenters. The van der Waals surface area contributed by atoms with Crippen molar-refractivity contribution in [2.45, 2.75) is 38.5 Å². The molecule has 0 saturated carbocycles. The van der Waals surface area contributed by atoms with Gasteiger partial charge in [-0.3, -0.25) is 4.79 Å². The van der Waals surface area contributed by atoms with Gasteiger partial charge in [0.1, 0.15) is 18.7 Å². The first-order chi connectivity index (χ1) is 10.7. The Bertz CT molecular complexity index is 835. The fraction of sp³-hybridized carbons (Fsp3) is 0.500. The van der Waals surface area contributed by atoms with Crippen LogP contribution >= 0.6 is 0 Å². The first kappa shape index (κ1) is 12.9. The Labute approximate surface area is 129 Å². The van der Waals surface area contributed by atoms with Gasteiger partial charge in [0.2, 0.25) is 0 Å². The Morgan fingerprint density at radius 1 is 1.41 bits per heavy atom. The summed E-state index contributed by atoms with van der Waals surface area (Å²) in [4.78, 5) is 14.5. The zero-order valence-corrected chi connectivity index (χ0v) is 12.9. The van der Waals surface area contributed by atoms with Gasteiger partial charge in [-0.15, -0.1) is 0 Å². The fourth-order valence-corrected chi connectivity index (χ4v) is 4.49. The molecule has 1 aromatic carbocycles. The molecular weight excluding hydrogens is 276 g/mol. The third kappa shape index (κ3) is 1.74. The summed E-state index contributed by atoms with van der Waals surface area (Å²) in [5, 5.41) is 0.911. The van der Waals surface area contributed by atoms with Crippen molar-refractivity contribution in [2.24, 2.45) is 0 Å². The van der Waals surface area contributed by atoms with Crippen LogP contribution in [0, 0.1) is 6.92 Å². The van der Waals surface area contributed by atoms with E-state index in [0.29, 0.717) is 12.1 Å². The quantitative estimate of drug-likeness (QED) is 0.824. The third-order valence-electron chi connectivity index (χ3n) is 5.62. The maximum Gasteiger partial charge on any atom is 0.193 e. The maximum atomic E-state index is 12.9. The van der Waals surface area contributed by atoms with Crippen molar-refractivity contribution in [3.05, 3.63) is 45.2 Å². The number of ether oxygens (including phenoxy) is 1. The van der Waals surface area contributed by atoms with Crippen molar-refractivity contribution < 1.29 is 9.64 Å². The topological polar surface area (TPSA) is 39.0 Å². The van der Waals surface area contributed by atoms with Crippen LogP contribution in [-0.4, -0.2) is 30.4 Å². The minimum absolute atomic E-state index is 0.274. The molecule has 4 heteroatoms. The highest BCUT2D eigenvalue weighted by Crippen LogP contribution is 2.32. The molecule has 22 heavy (non-hydrogen) atoms. The Morgan fingerprint density at radius 2 is 2.27 bits per heavy atom. The van der Waals surface area contributed by atoms with Crippen molar-refractivity contribution in [1.82, 2.24) is 4.57 Å². The van der Waals surface area contributed by atoms with Crippen LogP contribution in [0.3, 0.4) is 0 Å². The molecule has 1 saturated heterocycles. The average molecular weight is 297 g/mol. The second-order valence-electron chi connectivity index (χ2n) is 7.02. The molecule has 3 heterocycles. The van der Waals surface area contributed by atoms with Gasteiger partial charge in [-0.1, -0.05) is 11.6 Å². The Hall–Kier alpha value is -1.65. The summed E-state index contributed by atoms with van der Waals surface area (Å²) >= 11 is 0. The lowest BCUT2D eigenvalue weighted by Gasteiger charge is -2.33. The predicted octanol–water partition coefficient (Wildman–Crippen LogP) is 0.595. The Kier molecular flexibility index (Phi) is 2.59. The van der Waals surface area contributed by atoms with Gasteiger partial charge in [0.15, 0.2) is 5.43 Å². The highest BCUT2D eigenvalue weighted by atomic mass is 16.6. The van der Waals surface area contributed by atoms with E-state index in [2.05, 4.69) is 29.7 Å². The number of pyridine rings is 1. The Morgan fingerprint density at radius 3 is 3.09 bits per heavy atom. The fourth-order valence-electron chi connectivity index (χ4n) is 4.49. The lowest BCUT2D eigenvalue weighted by atomic mass is 10.0. The van der Waals surface area contributed by atoms with Gasteiger partial charge in [0, 0.05) is 17.4 Å². The van der Waals surface area contributed by atoms with E-state index in [-0.39, 0.29) is 5.43 Å². The smallest absolute Gasteiger partial charge is 0.193 e. The van der Waals surface area contributed by atoms with E-state index in [1.165, 1.54) is 11.3 Å². The van der Waals surface area contributed by atoms with Crippen LogP contribution in [0.1, 0.15) is 29.3 Å². The summed E-state index contributed by atoms with van der Waals surface area (Å²) in [6.07, 6.45) is 2.51. The largest absolute Gasteiger partial charge is 0.367 e. The lowest BCUT2D eigenvalue weighted by molar-refractivity contribution is -0.936. The summed E-state index contributed by atoms with van der Waals surface area (Å²) in [5.74, 6) is 0. The molecular formula is C18H21N2O2+. The molecule has 0 radical (unpaired) electrons. The minimum atomic E-state index is 0.274. The summed E-state index contributed by atoms with van der Waals surface area (Å²) in [6, 6.07) is 6.81. The third-order valence-corrected chi connectivity index (χ3v) is 5.62. The number of aromatic nitrogens is 1. The van der Waals surface area contributed by atoms with Crippen LogP contribution in [0.15, 0.2) is 23.0 Å². The minimum Gasteiger partial charge on any atom is -0.367 e. The molecule has 5 rings (SSSR count). The van der Waals surface area contributed by atoms with Gasteiger partial charge in [0.05, 0.1) is 30.9 Å². The van der Waals surface area contributed by atoms with Crippen molar-refractivity contribution in [1.29, 1.82) is 0 Å². The highest BCUT2D eigenvalue weighted by Gasteiger charge is 2.41. The molecule has 0 spiro atoms. The first-order valence-corrected chi connectivity index (χ1v) is 8.34. The number of nitrogens with one attached hydrogen (secondary N) is 1. The number of quaternary nitrogens is 1. The number of epoxide rings is 1. The standard InChI is InChI=1S/C18H20N2O2/c1-11-2-4-15-14(8-11)18(21)13-3-5-16-17(13)20(15)7-6-19(16)9-12-10-22-12/h2,4,8,12,16H,3,5-7,9-10H2,1H3/p+1/t12-,16+/m1/s1. The van der Waals surface area contributed by atoms with Gasteiger partial charge in [-0.05, 0) is 25.5 Å². The van der Waals surface area contributed by atoms with Gasteiger partial charge >= 0.3 is 0 Å². The van der Waals surface area contributed by atoms with Crippen molar-refractivity contribution >= 4 is 10.9 Å². The van der Waals surface area contributed by atoms with Crippen molar-refractivity contribution in [3.63, 3.8) is 0 Å².